The van der Waals surface area contributed by atoms with Crippen molar-refractivity contribution in [3.8, 4) is 17.4 Å². The molecule has 3 aliphatic heterocycles. The van der Waals surface area contributed by atoms with Crippen LogP contribution in [0.25, 0.3) is 10.8 Å². The SMILES string of the molecule is C[C@@H]1CCC=C[C@@H]2C[C@@]2(C(=O)NS(=O)(=O)C2(CF)CC2)NC(=O)[C@@H]2C[C@@H](Oc3nccc4c5c(ccc34)OCCO5)CN2C(=O)[C@@H](N(C(=O)O)C(C)(C)C(F)(F)F)[C@H](C)C1. The van der Waals surface area contributed by atoms with Crippen LogP contribution in [0.3, 0.4) is 0 Å². The molecule has 0 radical (unpaired) electrons. The molecule has 2 saturated carbocycles. The fraction of sp³-hybridized carbons (Fsp3) is 0.625. The molecule has 15 nitrogen and oxygen atoms in total. The number of rotatable bonds is 8. The number of nitrogens with one attached hydrogen (secondary N) is 2. The van der Waals surface area contributed by atoms with Crippen LogP contribution in [0, 0.1) is 17.8 Å². The van der Waals surface area contributed by atoms with Crippen LogP contribution in [0.4, 0.5) is 22.4 Å². The quantitative estimate of drug-likeness (QED) is 0.242. The molecule has 1 aromatic heterocycles. The topological polar surface area (TPSA) is 194 Å². The summed E-state index contributed by atoms with van der Waals surface area (Å²) in [6, 6.07) is 1.55. The van der Waals surface area contributed by atoms with Crippen LogP contribution < -0.4 is 24.2 Å². The molecule has 2 aliphatic carbocycles. The van der Waals surface area contributed by atoms with E-state index in [1.54, 1.807) is 30.4 Å². The van der Waals surface area contributed by atoms with E-state index in [0.717, 1.165) is 4.90 Å². The van der Waals surface area contributed by atoms with E-state index in [0.29, 0.717) is 55.6 Å². The van der Waals surface area contributed by atoms with E-state index in [1.165, 1.54) is 13.1 Å². The smallest absolute Gasteiger partial charge is 0.411 e. The molecular formula is C40H49F4N5O10S. The number of pyridine rings is 1. The van der Waals surface area contributed by atoms with Gasteiger partial charge < -0.3 is 29.5 Å². The first-order valence-corrected chi connectivity index (χ1v) is 21.5. The van der Waals surface area contributed by atoms with Gasteiger partial charge in [-0.3, -0.25) is 24.0 Å². The van der Waals surface area contributed by atoms with Crippen LogP contribution in [-0.2, 0) is 24.4 Å². The lowest BCUT2D eigenvalue weighted by atomic mass is 9.85. The summed E-state index contributed by atoms with van der Waals surface area (Å²) in [5.74, 6) is -4.05. The molecular weight excluding hydrogens is 819 g/mol. The second-order valence-electron chi connectivity index (χ2n) is 17.3. The van der Waals surface area contributed by atoms with Crippen molar-refractivity contribution < 1.29 is 64.5 Å². The number of aromatic nitrogens is 1. The molecule has 1 saturated heterocycles. The van der Waals surface area contributed by atoms with Gasteiger partial charge in [-0.15, -0.1) is 0 Å². The number of sulfonamides is 1. The number of carbonyl (C=O) groups excluding carboxylic acids is 3. The van der Waals surface area contributed by atoms with Gasteiger partial charge in [0.15, 0.2) is 11.5 Å². The zero-order valence-corrected chi connectivity index (χ0v) is 34.4. The van der Waals surface area contributed by atoms with Crippen molar-refractivity contribution in [2.24, 2.45) is 17.8 Å². The lowest BCUT2D eigenvalue weighted by Gasteiger charge is -2.45. The van der Waals surface area contributed by atoms with Gasteiger partial charge in [0, 0.05) is 29.3 Å². The zero-order chi connectivity index (χ0) is 43.6. The van der Waals surface area contributed by atoms with Gasteiger partial charge in [-0.25, -0.2) is 22.6 Å². The molecule has 4 amide bonds. The van der Waals surface area contributed by atoms with Crippen LogP contribution in [0.15, 0.2) is 36.5 Å². The van der Waals surface area contributed by atoms with Gasteiger partial charge in [0.05, 0.1) is 6.54 Å². The Morgan fingerprint density at radius 1 is 1.10 bits per heavy atom. The molecule has 0 unspecified atom stereocenters. The number of hydrogen-bond acceptors (Lipinski definition) is 10. The third kappa shape index (κ3) is 7.67. The summed E-state index contributed by atoms with van der Waals surface area (Å²) >= 11 is 0. The number of benzene rings is 1. The summed E-state index contributed by atoms with van der Waals surface area (Å²) in [6.07, 6.45) is -2.61. The van der Waals surface area contributed by atoms with Gasteiger partial charge >= 0.3 is 12.3 Å². The maximum absolute atomic E-state index is 15.0. The molecule has 3 fully saturated rings. The molecule has 328 valence electrons. The summed E-state index contributed by atoms with van der Waals surface area (Å²) in [5.41, 5.74) is -4.91. The lowest BCUT2D eigenvalue weighted by Crippen LogP contribution is -2.66. The van der Waals surface area contributed by atoms with Crippen molar-refractivity contribution in [3.05, 3.63) is 36.5 Å². The van der Waals surface area contributed by atoms with Crippen LogP contribution in [0.1, 0.15) is 72.6 Å². The minimum Gasteiger partial charge on any atom is -0.486 e. The van der Waals surface area contributed by atoms with Gasteiger partial charge in [0.1, 0.15) is 53.9 Å². The Hall–Kier alpha value is -4.88. The standard InChI is InChI=1S/C40H49F4N5O10S/c1-22-7-5-6-8-24-19-39(24,35(52)47-60(55,56)38(21-41)12-13-38)46-32(50)28-18-25(59-33-27-9-10-29-31(58-16-15-57-29)26(27)11-14-45-33)20-48(28)34(51)30(23(2)17-22)49(36(53)54)37(3,4)40(42,43)44/h6,8-11,14,22-25,28,30H,5,7,12-13,15-21H2,1-4H3,(H,46,50)(H,47,52)(H,53,54)/t22-,23-,24-,25-,28+,30+,39-/m1/s1. The van der Waals surface area contributed by atoms with Crippen molar-refractivity contribution in [1.82, 2.24) is 24.8 Å². The summed E-state index contributed by atoms with van der Waals surface area (Å²) in [5, 5.41) is 14.2. The number of hydrogen-bond donors (Lipinski definition) is 3. The van der Waals surface area contributed by atoms with Crippen LogP contribution in [-0.4, -0.2) is 119 Å². The van der Waals surface area contributed by atoms with Gasteiger partial charge in [-0.05, 0) is 82.4 Å². The number of fused-ring (bicyclic) bond motifs is 5. The highest BCUT2D eigenvalue weighted by molar-refractivity contribution is 7.91. The minimum atomic E-state index is -5.12. The first-order valence-electron chi connectivity index (χ1n) is 20.0. The predicted molar refractivity (Wildman–Crippen MR) is 206 cm³/mol. The second kappa shape index (κ2) is 15.5. The summed E-state index contributed by atoms with van der Waals surface area (Å²) < 4.78 is 103. The molecule has 1 aromatic carbocycles. The monoisotopic (exact) mass is 867 g/mol. The first kappa shape index (κ1) is 43.2. The number of carboxylic acid groups (broad SMARTS) is 1. The van der Waals surface area contributed by atoms with E-state index < -0.39 is 99.1 Å². The Morgan fingerprint density at radius 2 is 1.82 bits per heavy atom. The van der Waals surface area contributed by atoms with Crippen LogP contribution in [0.5, 0.6) is 17.4 Å². The fourth-order valence-corrected chi connectivity index (χ4v) is 10.2. The number of ether oxygens (including phenoxy) is 3. The Bertz CT molecular complexity index is 2200. The summed E-state index contributed by atoms with van der Waals surface area (Å²) in [4.78, 5) is 62.0. The zero-order valence-electron chi connectivity index (χ0n) is 33.6. The molecule has 7 atom stereocenters. The van der Waals surface area contributed by atoms with Crippen molar-refractivity contribution >= 4 is 44.6 Å². The fourth-order valence-electron chi connectivity index (χ4n) is 8.73. The third-order valence-corrected chi connectivity index (χ3v) is 14.8. The normalized spacial score (nSPS) is 29.3. The van der Waals surface area contributed by atoms with E-state index in [-0.39, 0.29) is 55.4 Å². The third-order valence-electron chi connectivity index (χ3n) is 12.7. The van der Waals surface area contributed by atoms with Crippen molar-refractivity contribution in [2.75, 3.05) is 26.4 Å². The van der Waals surface area contributed by atoms with Crippen molar-refractivity contribution in [2.45, 2.75) is 113 Å². The highest BCUT2D eigenvalue weighted by atomic mass is 32.2. The highest BCUT2D eigenvalue weighted by Gasteiger charge is 2.64. The van der Waals surface area contributed by atoms with E-state index >= 15 is 4.79 Å². The van der Waals surface area contributed by atoms with Gasteiger partial charge in [-0.1, -0.05) is 26.0 Å². The maximum Gasteiger partial charge on any atom is 0.411 e. The maximum atomic E-state index is 15.0. The van der Waals surface area contributed by atoms with E-state index in [9.17, 15) is 45.5 Å². The molecule has 5 aliphatic rings. The molecule has 2 aromatic rings. The van der Waals surface area contributed by atoms with E-state index in [4.69, 9.17) is 14.2 Å². The van der Waals surface area contributed by atoms with Crippen molar-refractivity contribution in [1.29, 1.82) is 0 Å². The van der Waals surface area contributed by atoms with E-state index in [2.05, 4.69) is 10.3 Å². The Kier molecular flexibility index (Phi) is 11.2. The molecule has 3 N–H and O–H groups in total. The molecule has 7 rings (SSSR count). The molecule has 0 spiro atoms. The van der Waals surface area contributed by atoms with Crippen LogP contribution >= 0.6 is 0 Å². The second-order valence-corrected chi connectivity index (χ2v) is 19.4. The number of alkyl halides is 4. The number of amides is 4. The minimum absolute atomic E-state index is 0.000448. The average molecular weight is 868 g/mol. The Morgan fingerprint density at radius 3 is 2.48 bits per heavy atom. The number of carbonyl (C=O) groups is 4. The number of halogens is 4. The highest BCUT2D eigenvalue weighted by Crippen LogP contribution is 2.48. The average Bonchev–Trinajstić information content (AvgIpc) is 4.09. The summed E-state index contributed by atoms with van der Waals surface area (Å²) in [7, 11) is -4.51. The molecule has 4 heterocycles. The molecule has 0 bridgehead atoms. The first-order chi connectivity index (χ1) is 28.2. The van der Waals surface area contributed by atoms with Crippen molar-refractivity contribution in [3.63, 3.8) is 0 Å². The Balaban J connectivity index is 1.29. The van der Waals surface area contributed by atoms with Gasteiger partial charge in [0.2, 0.25) is 27.7 Å². The van der Waals surface area contributed by atoms with Gasteiger partial charge in [0.25, 0.3) is 5.91 Å². The Labute approximate surface area is 344 Å². The number of nitrogens with zero attached hydrogens (tertiary/aromatic N) is 3. The van der Waals surface area contributed by atoms with Gasteiger partial charge in [-0.2, -0.15) is 13.2 Å². The number of allylic oxidation sites excluding steroid dienone is 1. The summed E-state index contributed by atoms with van der Waals surface area (Å²) in [6.45, 7) is 3.66. The largest absolute Gasteiger partial charge is 0.486 e. The predicted octanol–water partition coefficient (Wildman–Crippen LogP) is 4.88. The molecule has 20 heteroatoms. The lowest BCUT2D eigenvalue weighted by molar-refractivity contribution is -0.222. The molecule has 60 heavy (non-hydrogen) atoms. The van der Waals surface area contributed by atoms with E-state index in [1.807, 2.05) is 11.6 Å². The van der Waals surface area contributed by atoms with Crippen LogP contribution in [0.2, 0.25) is 0 Å².